The van der Waals surface area contributed by atoms with Crippen LogP contribution in [0.4, 0.5) is 0 Å². The minimum Gasteiger partial charge on any atom is -0.300 e. The number of rotatable bonds is 2. The summed E-state index contributed by atoms with van der Waals surface area (Å²) in [6, 6.07) is 0. The first-order chi connectivity index (χ1) is 5.12. The van der Waals surface area contributed by atoms with Crippen molar-refractivity contribution in [1.29, 1.82) is 0 Å². The second-order valence-electron chi connectivity index (χ2n) is 4.14. The van der Waals surface area contributed by atoms with Gasteiger partial charge >= 0.3 is 0 Å². The zero-order valence-electron chi connectivity index (χ0n) is 7.91. The van der Waals surface area contributed by atoms with Gasteiger partial charge in [0.25, 0.3) is 0 Å². The van der Waals surface area contributed by atoms with E-state index in [0.717, 1.165) is 19.0 Å². The molecule has 1 rings (SSSR count). The molecule has 1 aliphatic heterocycles. The van der Waals surface area contributed by atoms with Gasteiger partial charge < -0.3 is 0 Å². The Balaban J connectivity index is 2.37. The van der Waals surface area contributed by atoms with Crippen molar-refractivity contribution in [3.05, 3.63) is 0 Å². The molecule has 0 atom stereocenters. The van der Waals surface area contributed by atoms with E-state index in [2.05, 4.69) is 31.4 Å². The van der Waals surface area contributed by atoms with Crippen LogP contribution in [0, 0.1) is 5.92 Å². The Kier molecular flexibility index (Phi) is 2.90. The fourth-order valence-electron chi connectivity index (χ4n) is 1.84. The molecule has 0 aromatic rings. The molecule has 11 heavy (non-hydrogen) atoms. The lowest BCUT2D eigenvalue weighted by Gasteiger charge is -2.37. The normalized spacial score (nSPS) is 24.0. The van der Waals surface area contributed by atoms with Crippen LogP contribution in [-0.2, 0) is 0 Å². The summed E-state index contributed by atoms with van der Waals surface area (Å²) in [5.74, 6) is 0.762. The van der Waals surface area contributed by atoms with Crippen molar-refractivity contribution in [2.45, 2.75) is 39.3 Å². The highest BCUT2D eigenvalue weighted by atomic mass is 15.2. The van der Waals surface area contributed by atoms with E-state index >= 15 is 0 Å². The van der Waals surface area contributed by atoms with Gasteiger partial charge in [-0.25, -0.2) is 0 Å². The maximum atomic E-state index is 3.52. The molecule has 1 aliphatic rings. The fourth-order valence-corrected chi connectivity index (χ4v) is 1.84. The van der Waals surface area contributed by atoms with Gasteiger partial charge in [0.2, 0.25) is 0 Å². The van der Waals surface area contributed by atoms with Crippen molar-refractivity contribution >= 4 is 0 Å². The molecule has 0 aromatic carbocycles. The maximum absolute atomic E-state index is 3.52. The SMILES string of the molecule is CC(C)CC1(C)NCCCN1. The summed E-state index contributed by atoms with van der Waals surface area (Å²) in [6.07, 6.45) is 2.47. The van der Waals surface area contributed by atoms with Gasteiger partial charge in [-0.1, -0.05) is 13.8 Å². The average Bonchev–Trinajstić information content (AvgIpc) is 1.85. The lowest BCUT2D eigenvalue weighted by atomic mass is 9.97. The van der Waals surface area contributed by atoms with Crippen LogP contribution >= 0.6 is 0 Å². The molecule has 1 fully saturated rings. The van der Waals surface area contributed by atoms with Crippen LogP contribution in [0.2, 0.25) is 0 Å². The lowest BCUT2D eigenvalue weighted by molar-refractivity contribution is 0.204. The molecule has 0 aliphatic carbocycles. The van der Waals surface area contributed by atoms with E-state index in [0.29, 0.717) is 0 Å². The van der Waals surface area contributed by atoms with Gasteiger partial charge in [0.1, 0.15) is 0 Å². The molecular weight excluding hydrogens is 136 g/mol. The van der Waals surface area contributed by atoms with Gasteiger partial charge in [0.15, 0.2) is 0 Å². The summed E-state index contributed by atoms with van der Waals surface area (Å²) in [7, 11) is 0. The average molecular weight is 156 g/mol. The molecule has 2 N–H and O–H groups in total. The van der Waals surface area contributed by atoms with Crippen LogP contribution in [0.25, 0.3) is 0 Å². The fraction of sp³-hybridized carbons (Fsp3) is 1.00. The molecule has 1 saturated heterocycles. The molecule has 2 nitrogen and oxygen atoms in total. The molecule has 66 valence electrons. The van der Waals surface area contributed by atoms with Crippen LogP contribution in [0.15, 0.2) is 0 Å². The van der Waals surface area contributed by atoms with Gasteiger partial charge in [-0.3, -0.25) is 10.6 Å². The Bertz CT molecular complexity index is 115. The molecule has 0 radical (unpaired) electrons. The van der Waals surface area contributed by atoms with E-state index in [9.17, 15) is 0 Å². The minimum absolute atomic E-state index is 0.201. The number of hydrogen-bond donors (Lipinski definition) is 2. The summed E-state index contributed by atoms with van der Waals surface area (Å²) >= 11 is 0. The summed E-state index contributed by atoms with van der Waals surface area (Å²) in [5.41, 5.74) is 0.201. The minimum atomic E-state index is 0.201. The highest BCUT2D eigenvalue weighted by molar-refractivity contribution is 4.84. The van der Waals surface area contributed by atoms with Gasteiger partial charge in [0, 0.05) is 0 Å². The van der Waals surface area contributed by atoms with E-state index in [1.165, 1.54) is 12.8 Å². The van der Waals surface area contributed by atoms with Crippen molar-refractivity contribution in [3.8, 4) is 0 Å². The number of nitrogens with one attached hydrogen (secondary N) is 2. The molecule has 0 bridgehead atoms. The highest BCUT2D eigenvalue weighted by Crippen LogP contribution is 2.15. The summed E-state index contributed by atoms with van der Waals surface area (Å²) in [4.78, 5) is 0. The standard InChI is InChI=1S/C9H20N2/c1-8(2)7-9(3)10-5-4-6-11-9/h8,10-11H,4-7H2,1-3H3. The van der Waals surface area contributed by atoms with E-state index < -0.39 is 0 Å². The maximum Gasteiger partial charge on any atom is 0.0660 e. The first kappa shape index (κ1) is 9.01. The van der Waals surface area contributed by atoms with E-state index in [4.69, 9.17) is 0 Å². The molecule has 0 unspecified atom stereocenters. The molecule has 0 amide bonds. The Labute approximate surface area is 69.8 Å². The zero-order chi connectivity index (χ0) is 8.32. The lowest BCUT2D eigenvalue weighted by Crippen LogP contribution is -2.59. The van der Waals surface area contributed by atoms with Crippen LogP contribution in [0.1, 0.15) is 33.6 Å². The molecule has 0 spiro atoms. The van der Waals surface area contributed by atoms with Crippen LogP contribution in [-0.4, -0.2) is 18.8 Å². The second kappa shape index (κ2) is 3.55. The molecule has 1 heterocycles. The zero-order valence-corrected chi connectivity index (χ0v) is 7.91. The van der Waals surface area contributed by atoms with Gasteiger partial charge in [-0.2, -0.15) is 0 Å². The summed E-state index contributed by atoms with van der Waals surface area (Å²) < 4.78 is 0. The summed E-state index contributed by atoms with van der Waals surface area (Å²) in [6.45, 7) is 9.12. The van der Waals surface area contributed by atoms with E-state index in [-0.39, 0.29) is 5.66 Å². The molecular formula is C9H20N2. The van der Waals surface area contributed by atoms with Crippen molar-refractivity contribution in [1.82, 2.24) is 10.6 Å². The molecule has 2 heteroatoms. The third-order valence-corrected chi connectivity index (χ3v) is 2.20. The van der Waals surface area contributed by atoms with Gasteiger partial charge in [0.05, 0.1) is 5.66 Å². The van der Waals surface area contributed by atoms with Crippen LogP contribution in [0.5, 0.6) is 0 Å². The van der Waals surface area contributed by atoms with E-state index in [1.807, 2.05) is 0 Å². The summed E-state index contributed by atoms with van der Waals surface area (Å²) in [5, 5.41) is 7.03. The Morgan fingerprint density at radius 3 is 2.27 bits per heavy atom. The largest absolute Gasteiger partial charge is 0.300 e. The Morgan fingerprint density at radius 1 is 1.27 bits per heavy atom. The first-order valence-corrected chi connectivity index (χ1v) is 4.62. The second-order valence-corrected chi connectivity index (χ2v) is 4.14. The van der Waals surface area contributed by atoms with Gasteiger partial charge in [-0.05, 0) is 38.8 Å². The van der Waals surface area contributed by atoms with Crippen molar-refractivity contribution < 1.29 is 0 Å². The van der Waals surface area contributed by atoms with Crippen LogP contribution in [0.3, 0.4) is 0 Å². The van der Waals surface area contributed by atoms with Crippen molar-refractivity contribution in [2.24, 2.45) is 5.92 Å². The smallest absolute Gasteiger partial charge is 0.0660 e. The highest BCUT2D eigenvalue weighted by Gasteiger charge is 2.25. The van der Waals surface area contributed by atoms with E-state index in [1.54, 1.807) is 0 Å². The molecule has 0 aromatic heterocycles. The molecule has 0 saturated carbocycles. The third kappa shape index (κ3) is 2.80. The third-order valence-electron chi connectivity index (χ3n) is 2.20. The van der Waals surface area contributed by atoms with Crippen LogP contribution < -0.4 is 10.6 Å². The van der Waals surface area contributed by atoms with Gasteiger partial charge in [-0.15, -0.1) is 0 Å². The van der Waals surface area contributed by atoms with Crippen molar-refractivity contribution in [3.63, 3.8) is 0 Å². The Hall–Kier alpha value is -0.0800. The predicted octanol–water partition coefficient (Wildman–Crippen LogP) is 1.33. The number of hydrogen-bond acceptors (Lipinski definition) is 2. The quantitative estimate of drug-likeness (QED) is 0.630. The topological polar surface area (TPSA) is 24.1 Å². The first-order valence-electron chi connectivity index (χ1n) is 4.62. The van der Waals surface area contributed by atoms with Crippen molar-refractivity contribution in [2.75, 3.05) is 13.1 Å². The monoisotopic (exact) mass is 156 g/mol. The predicted molar refractivity (Wildman–Crippen MR) is 48.5 cm³/mol. The Morgan fingerprint density at radius 2 is 1.82 bits per heavy atom.